The Balaban J connectivity index is 2.53. The molecular weight excluding hydrogens is 273 g/mol. The van der Waals surface area contributed by atoms with E-state index < -0.39 is 0 Å². The van der Waals surface area contributed by atoms with Crippen molar-refractivity contribution < 1.29 is 9.90 Å². The van der Waals surface area contributed by atoms with E-state index in [1.165, 1.54) is 0 Å². The lowest BCUT2D eigenvalue weighted by Crippen LogP contribution is -2.33. The second kappa shape index (κ2) is 7.62. The van der Waals surface area contributed by atoms with E-state index in [9.17, 15) is 4.79 Å². The monoisotopic (exact) mass is 289 g/mol. The van der Waals surface area contributed by atoms with E-state index in [0.717, 1.165) is 5.56 Å². The van der Waals surface area contributed by atoms with Gasteiger partial charge in [-0.05, 0) is 31.0 Å². The fraction of sp³-hybridized carbons (Fsp3) is 0.462. The normalized spacial score (nSPS) is 10.4. The number of rotatable bonds is 6. The van der Waals surface area contributed by atoms with Gasteiger partial charge >= 0.3 is 0 Å². The molecule has 0 saturated heterocycles. The molecular formula is C13H17Cl2NO2. The van der Waals surface area contributed by atoms with Gasteiger partial charge < -0.3 is 10.0 Å². The lowest BCUT2D eigenvalue weighted by molar-refractivity contribution is -0.131. The Morgan fingerprint density at radius 1 is 1.33 bits per heavy atom. The van der Waals surface area contributed by atoms with Crippen LogP contribution in [0.1, 0.15) is 18.9 Å². The van der Waals surface area contributed by atoms with E-state index >= 15 is 0 Å². The number of carbonyl (C=O) groups is 1. The number of carbonyl (C=O) groups excluding carboxylic acids is 1. The second-order valence-electron chi connectivity index (χ2n) is 3.95. The highest BCUT2D eigenvalue weighted by Gasteiger charge is 2.11. The molecule has 5 heteroatoms. The Hall–Kier alpha value is -0.770. The molecule has 0 unspecified atom stereocenters. The summed E-state index contributed by atoms with van der Waals surface area (Å²) in [6.07, 6.45) is 1.03. The van der Waals surface area contributed by atoms with Gasteiger partial charge in [0.25, 0.3) is 0 Å². The van der Waals surface area contributed by atoms with Crippen molar-refractivity contribution in [1.29, 1.82) is 0 Å². The molecule has 0 heterocycles. The highest BCUT2D eigenvalue weighted by Crippen LogP contribution is 2.23. The molecule has 1 N–H and O–H groups in total. The van der Waals surface area contributed by atoms with Crippen molar-refractivity contribution in [2.75, 3.05) is 19.7 Å². The number of hydrogen-bond acceptors (Lipinski definition) is 2. The minimum Gasteiger partial charge on any atom is -0.395 e. The molecule has 18 heavy (non-hydrogen) atoms. The van der Waals surface area contributed by atoms with Crippen molar-refractivity contribution >= 4 is 29.1 Å². The molecule has 0 atom stereocenters. The van der Waals surface area contributed by atoms with Gasteiger partial charge in [-0.15, -0.1) is 0 Å². The summed E-state index contributed by atoms with van der Waals surface area (Å²) in [5, 5.41) is 9.86. The first-order chi connectivity index (χ1) is 8.58. The Labute approximate surface area is 117 Å². The molecule has 0 saturated carbocycles. The Bertz CT molecular complexity index is 410. The molecule has 0 radical (unpaired) electrons. The number of aryl methyl sites for hydroxylation is 1. The zero-order valence-electron chi connectivity index (χ0n) is 10.3. The molecule has 0 bridgehead atoms. The summed E-state index contributed by atoms with van der Waals surface area (Å²) < 4.78 is 0. The maximum atomic E-state index is 11.8. The Morgan fingerprint density at radius 3 is 2.61 bits per heavy atom. The summed E-state index contributed by atoms with van der Waals surface area (Å²) in [6.45, 7) is 2.89. The van der Waals surface area contributed by atoms with Crippen LogP contribution in [0.25, 0.3) is 0 Å². The minimum atomic E-state index is -0.00759. The molecule has 1 rings (SSSR count). The SMILES string of the molecule is CCN(CCO)C(=O)CCc1ccc(Cl)c(Cl)c1. The third-order valence-corrected chi connectivity index (χ3v) is 3.45. The highest BCUT2D eigenvalue weighted by atomic mass is 35.5. The summed E-state index contributed by atoms with van der Waals surface area (Å²) in [4.78, 5) is 13.5. The summed E-state index contributed by atoms with van der Waals surface area (Å²) in [6, 6.07) is 5.37. The van der Waals surface area contributed by atoms with Gasteiger partial charge in [-0.1, -0.05) is 29.3 Å². The van der Waals surface area contributed by atoms with Crippen molar-refractivity contribution in [3.63, 3.8) is 0 Å². The van der Waals surface area contributed by atoms with Gasteiger partial charge in [-0.3, -0.25) is 4.79 Å². The smallest absolute Gasteiger partial charge is 0.222 e. The van der Waals surface area contributed by atoms with Crippen LogP contribution in [0.3, 0.4) is 0 Å². The molecule has 1 aromatic carbocycles. The predicted molar refractivity (Wildman–Crippen MR) is 74.1 cm³/mol. The highest BCUT2D eigenvalue weighted by molar-refractivity contribution is 6.42. The number of benzene rings is 1. The number of halogens is 2. The van der Waals surface area contributed by atoms with Crippen molar-refractivity contribution in [3.8, 4) is 0 Å². The number of hydrogen-bond donors (Lipinski definition) is 1. The van der Waals surface area contributed by atoms with Gasteiger partial charge in [0.15, 0.2) is 0 Å². The third kappa shape index (κ3) is 4.48. The third-order valence-electron chi connectivity index (χ3n) is 2.72. The van der Waals surface area contributed by atoms with E-state index in [4.69, 9.17) is 28.3 Å². The van der Waals surface area contributed by atoms with Crippen LogP contribution < -0.4 is 0 Å². The first-order valence-electron chi connectivity index (χ1n) is 5.91. The standard InChI is InChI=1S/C13H17Cl2NO2/c1-2-16(7-8-17)13(18)6-4-10-3-5-11(14)12(15)9-10/h3,5,9,17H,2,4,6-8H2,1H3. The van der Waals surface area contributed by atoms with Gasteiger partial charge in [0.2, 0.25) is 5.91 Å². The maximum Gasteiger partial charge on any atom is 0.222 e. The summed E-state index contributed by atoms with van der Waals surface area (Å²) in [5.74, 6) is 0.0395. The lowest BCUT2D eigenvalue weighted by atomic mass is 10.1. The first-order valence-corrected chi connectivity index (χ1v) is 6.66. The first kappa shape index (κ1) is 15.3. The fourth-order valence-corrected chi connectivity index (χ4v) is 2.01. The van der Waals surface area contributed by atoms with Crippen molar-refractivity contribution in [3.05, 3.63) is 33.8 Å². The Kier molecular flexibility index (Phi) is 6.47. The summed E-state index contributed by atoms with van der Waals surface area (Å²) in [5.41, 5.74) is 0.984. The largest absolute Gasteiger partial charge is 0.395 e. The van der Waals surface area contributed by atoms with Crippen LogP contribution in [0, 0.1) is 0 Å². The average molecular weight is 290 g/mol. The van der Waals surface area contributed by atoms with E-state index in [-0.39, 0.29) is 12.5 Å². The number of aliphatic hydroxyl groups is 1. The Morgan fingerprint density at radius 2 is 2.06 bits per heavy atom. The second-order valence-corrected chi connectivity index (χ2v) is 4.76. The predicted octanol–water partition coefficient (Wildman–Crippen LogP) is 2.77. The minimum absolute atomic E-state index is 0.00759. The van der Waals surface area contributed by atoms with Crippen LogP contribution in [-0.2, 0) is 11.2 Å². The van der Waals surface area contributed by atoms with Gasteiger partial charge in [-0.2, -0.15) is 0 Å². The van der Waals surface area contributed by atoms with E-state index in [2.05, 4.69) is 0 Å². The van der Waals surface area contributed by atoms with Crippen molar-refractivity contribution in [2.24, 2.45) is 0 Å². The number of nitrogens with zero attached hydrogens (tertiary/aromatic N) is 1. The molecule has 0 aliphatic carbocycles. The van der Waals surface area contributed by atoms with Crippen LogP contribution in [0.5, 0.6) is 0 Å². The molecule has 0 fully saturated rings. The number of aliphatic hydroxyl groups excluding tert-OH is 1. The van der Waals surface area contributed by atoms with E-state index in [0.29, 0.717) is 36.0 Å². The van der Waals surface area contributed by atoms with Crippen LogP contribution in [0.2, 0.25) is 10.0 Å². The van der Waals surface area contributed by atoms with Crippen molar-refractivity contribution in [1.82, 2.24) is 4.90 Å². The van der Waals surface area contributed by atoms with Crippen LogP contribution >= 0.6 is 23.2 Å². The van der Waals surface area contributed by atoms with Crippen LogP contribution in [-0.4, -0.2) is 35.6 Å². The van der Waals surface area contributed by atoms with E-state index in [1.54, 1.807) is 17.0 Å². The molecule has 100 valence electrons. The molecule has 0 spiro atoms. The zero-order chi connectivity index (χ0) is 13.5. The fourth-order valence-electron chi connectivity index (χ4n) is 1.68. The molecule has 0 aromatic heterocycles. The lowest BCUT2D eigenvalue weighted by Gasteiger charge is -2.19. The van der Waals surface area contributed by atoms with Gasteiger partial charge in [0.1, 0.15) is 0 Å². The average Bonchev–Trinajstić information content (AvgIpc) is 2.37. The molecule has 3 nitrogen and oxygen atoms in total. The number of likely N-dealkylation sites (N-methyl/N-ethyl adjacent to an activating group) is 1. The van der Waals surface area contributed by atoms with Crippen molar-refractivity contribution in [2.45, 2.75) is 19.8 Å². The van der Waals surface area contributed by atoms with Gasteiger partial charge in [0, 0.05) is 19.5 Å². The van der Waals surface area contributed by atoms with Gasteiger partial charge in [0.05, 0.1) is 16.7 Å². The number of amides is 1. The zero-order valence-corrected chi connectivity index (χ0v) is 11.8. The molecule has 1 aromatic rings. The quantitative estimate of drug-likeness (QED) is 0.875. The maximum absolute atomic E-state index is 11.8. The van der Waals surface area contributed by atoms with E-state index in [1.807, 2.05) is 13.0 Å². The topological polar surface area (TPSA) is 40.5 Å². The van der Waals surface area contributed by atoms with Crippen LogP contribution in [0.4, 0.5) is 0 Å². The summed E-state index contributed by atoms with van der Waals surface area (Å²) >= 11 is 11.7. The molecule has 0 aliphatic heterocycles. The van der Waals surface area contributed by atoms with Gasteiger partial charge in [-0.25, -0.2) is 0 Å². The summed E-state index contributed by atoms with van der Waals surface area (Å²) in [7, 11) is 0. The molecule has 1 amide bonds. The van der Waals surface area contributed by atoms with Crippen LogP contribution in [0.15, 0.2) is 18.2 Å². The molecule has 0 aliphatic rings.